The predicted octanol–water partition coefficient (Wildman–Crippen LogP) is 4.25. The largest absolute Gasteiger partial charge is 0.573 e. The first-order chi connectivity index (χ1) is 8.44. The van der Waals surface area contributed by atoms with Gasteiger partial charge in [0, 0.05) is 15.3 Å². The Morgan fingerprint density at radius 2 is 1.67 bits per heavy atom. The minimum Gasteiger partial charge on any atom is -0.406 e. The first-order valence-corrected chi connectivity index (χ1v) is 6.00. The van der Waals surface area contributed by atoms with E-state index in [9.17, 15) is 13.2 Å². The Hall–Kier alpha value is -1.31. The van der Waals surface area contributed by atoms with Crippen molar-refractivity contribution in [3.8, 4) is 17.0 Å². The Morgan fingerprint density at radius 3 is 2.17 bits per heavy atom. The molecule has 0 fully saturated rings. The van der Waals surface area contributed by atoms with Crippen LogP contribution in [0.3, 0.4) is 0 Å². The van der Waals surface area contributed by atoms with Crippen LogP contribution in [-0.4, -0.2) is 11.3 Å². The van der Waals surface area contributed by atoms with E-state index >= 15 is 0 Å². The van der Waals surface area contributed by atoms with E-state index in [0.717, 1.165) is 9.13 Å². The molecule has 0 aliphatic carbocycles. The fraction of sp³-hybridized carbons (Fsp3) is 0.0833. The molecule has 0 saturated carbocycles. The second-order valence-corrected chi connectivity index (χ2v) is 4.68. The molecule has 0 atom stereocenters. The average molecular weight is 365 g/mol. The normalized spacial score (nSPS) is 11.3. The molecule has 18 heavy (non-hydrogen) atoms. The lowest BCUT2D eigenvalue weighted by Gasteiger charge is -2.09. The molecule has 0 amide bonds. The number of aromatic nitrogens is 1. The summed E-state index contributed by atoms with van der Waals surface area (Å²) in [5.41, 5.74) is 1.44. The molecule has 1 aromatic carbocycles. The van der Waals surface area contributed by atoms with Crippen molar-refractivity contribution < 1.29 is 17.9 Å². The Kier molecular flexibility index (Phi) is 3.74. The zero-order valence-electron chi connectivity index (χ0n) is 8.91. The molecule has 94 valence electrons. The molecular formula is C12H7F3INO. The molecule has 6 heteroatoms. The lowest BCUT2D eigenvalue weighted by molar-refractivity contribution is -0.274. The average Bonchev–Trinajstić information content (AvgIpc) is 2.29. The topological polar surface area (TPSA) is 22.1 Å². The smallest absolute Gasteiger partial charge is 0.406 e. The van der Waals surface area contributed by atoms with Crippen molar-refractivity contribution in [3.63, 3.8) is 0 Å². The van der Waals surface area contributed by atoms with Gasteiger partial charge in [0.2, 0.25) is 0 Å². The Balaban J connectivity index is 2.20. The van der Waals surface area contributed by atoms with Crippen LogP contribution >= 0.6 is 22.6 Å². The van der Waals surface area contributed by atoms with Crippen LogP contribution in [-0.2, 0) is 0 Å². The van der Waals surface area contributed by atoms with Crippen LogP contribution in [0.2, 0.25) is 0 Å². The Morgan fingerprint density at radius 1 is 1.00 bits per heavy atom. The van der Waals surface area contributed by atoms with Crippen molar-refractivity contribution >= 4 is 22.6 Å². The van der Waals surface area contributed by atoms with E-state index in [4.69, 9.17) is 0 Å². The standard InChI is InChI=1S/C12H7F3INO/c13-12(14,15)18-10-4-1-8(2-5-10)11-6-3-9(16)7-17-11/h1-7H. The van der Waals surface area contributed by atoms with E-state index in [1.54, 1.807) is 12.3 Å². The fourth-order valence-electron chi connectivity index (χ4n) is 1.37. The number of hydrogen-bond donors (Lipinski definition) is 0. The summed E-state index contributed by atoms with van der Waals surface area (Å²) < 4.78 is 40.7. The Bertz CT molecular complexity index is 523. The first kappa shape index (κ1) is 13.1. The molecule has 0 spiro atoms. The molecule has 0 radical (unpaired) electrons. The molecule has 2 aromatic rings. The molecule has 0 aliphatic rings. The summed E-state index contributed by atoms with van der Waals surface area (Å²) in [6.45, 7) is 0. The van der Waals surface area contributed by atoms with E-state index in [1.165, 1.54) is 24.3 Å². The van der Waals surface area contributed by atoms with Gasteiger partial charge in [-0.15, -0.1) is 13.2 Å². The van der Waals surface area contributed by atoms with Crippen molar-refractivity contribution in [2.45, 2.75) is 6.36 Å². The van der Waals surface area contributed by atoms with Gasteiger partial charge < -0.3 is 4.74 Å². The van der Waals surface area contributed by atoms with Gasteiger partial charge in [-0.05, 0) is 59.0 Å². The number of ether oxygens (including phenoxy) is 1. The van der Waals surface area contributed by atoms with Crippen molar-refractivity contribution in [1.29, 1.82) is 0 Å². The van der Waals surface area contributed by atoms with Crippen LogP contribution in [0.25, 0.3) is 11.3 Å². The lowest BCUT2D eigenvalue weighted by Crippen LogP contribution is -2.16. The van der Waals surface area contributed by atoms with Crippen LogP contribution < -0.4 is 4.74 Å². The SMILES string of the molecule is FC(F)(F)Oc1ccc(-c2ccc(I)cn2)cc1. The third-order valence-electron chi connectivity index (χ3n) is 2.11. The van der Waals surface area contributed by atoms with Crippen LogP contribution in [0.15, 0.2) is 42.6 Å². The predicted molar refractivity (Wildman–Crippen MR) is 69.1 cm³/mol. The zero-order valence-corrected chi connectivity index (χ0v) is 11.1. The molecule has 2 rings (SSSR count). The molecule has 0 unspecified atom stereocenters. The summed E-state index contributed by atoms with van der Waals surface area (Å²) in [4.78, 5) is 4.18. The maximum atomic E-state index is 12.0. The van der Waals surface area contributed by atoms with Crippen LogP contribution in [0.5, 0.6) is 5.75 Å². The summed E-state index contributed by atoms with van der Waals surface area (Å²) in [5.74, 6) is -0.239. The van der Waals surface area contributed by atoms with Gasteiger partial charge in [-0.3, -0.25) is 4.98 Å². The summed E-state index contributed by atoms with van der Waals surface area (Å²) in [6, 6.07) is 9.29. The molecule has 1 aromatic heterocycles. The molecular weight excluding hydrogens is 358 g/mol. The highest BCUT2D eigenvalue weighted by molar-refractivity contribution is 14.1. The maximum Gasteiger partial charge on any atom is 0.573 e. The highest BCUT2D eigenvalue weighted by atomic mass is 127. The van der Waals surface area contributed by atoms with E-state index in [1.807, 2.05) is 6.07 Å². The zero-order chi connectivity index (χ0) is 13.2. The van der Waals surface area contributed by atoms with Crippen LogP contribution in [0, 0.1) is 3.57 Å². The summed E-state index contributed by atoms with van der Waals surface area (Å²) in [7, 11) is 0. The van der Waals surface area contributed by atoms with Gasteiger partial charge in [-0.25, -0.2) is 0 Å². The van der Waals surface area contributed by atoms with Crippen molar-refractivity contribution in [3.05, 3.63) is 46.2 Å². The molecule has 0 saturated heterocycles. The van der Waals surface area contributed by atoms with Gasteiger partial charge in [0.15, 0.2) is 0 Å². The van der Waals surface area contributed by atoms with Crippen molar-refractivity contribution in [1.82, 2.24) is 4.98 Å². The minimum absolute atomic E-state index is 0.239. The van der Waals surface area contributed by atoms with E-state index in [2.05, 4.69) is 32.3 Å². The summed E-state index contributed by atoms with van der Waals surface area (Å²) in [5, 5.41) is 0. The highest BCUT2D eigenvalue weighted by Crippen LogP contribution is 2.25. The van der Waals surface area contributed by atoms with Gasteiger partial charge in [0.25, 0.3) is 0 Å². The Labute approximate surface area is 115 Å². The van der Waals surface area contributed by atoms with Crippen LogP contribution in [0.4, 0.5) is 13.2 Å². The van der Waals surface area contributed by atoms with Crippen molar-refractivity contribution in [2.24, 2.45) is 0 Å². The molecule has 2 nitrogen and oxygen atoms in total. The van der Waals surface area contributed by atoms with Crippen LogP contribution in [0.1, 0.15) is 0 Å². The number of pyridine rings is 1. The monoisotopic (exact) mass is 365 g/mol. The number of nitrogens with zero attached hydrogens (tertiary/aromatic N) is 1. The fourth-order valence-corrected chi connectivity index (χ4v) is 1.69. The minimum atomic E-state index is -4.66. The lowest BCUT2D eigenvalue weighted by atomic mass is 10.1. The van der Waals surface area contributed by atoms with Gasteiger partial charge in [0.05, 0.1) is 5.69 Å². The number of alkyl halides is 3. The quantitative estimate of drug-likeness (QED) is 0.743. The molecule has 1 heterocycles. The number of halogens is 4. The van der Waals surface area contributed by atoms with E-state index in [-0.39, 0.29) is 5.75 Å². The number of hydrogen-bond acceptors (Lipinski definition) is 2. The third-order valence-corrected chi connectivity index (χ3v) is 2.75. The highest BCUT2D eigenvalue weighted by Gasteiger charge is 2.30. The maximum absolute atomic E-state index is 12.0. The first-order valence-electron chi connectivity index (χ1n) is 4.92. The number of rotatable bonds is 2. The summed E-state index contributed by atoms with van der Waals surface area (Å²) >= 11 is 2.13. The molecule has 0 N–H and O–H groups in total. The van der Waals surface area contributed by atoms with Gasteiger partial charge >= 0.3 is 6.36 Å². The summed E-state index contributed by atoms with van der Waals surface area (Å²) in [6.07, 6.45) is -2.97. The van der Waals surface area contributed by atoms with E-state index in [0.29, 0.717) is 5.69 Å². The molecule has 0 bridgehead atoms. The number of benzene rings is 1. The third kappa shape index (κ3) is 3.59. The van der Waals surface area contributed by atoms with Gasteiger partial charge in [0.1, 0.15) is 5.75 Å². The van der Waals surface area contributed by atoms with Gasteiger partial charge in [-0.1, -0.05) is 0 Å². The van der Waals surface area contributed by atoms with Crippen molar-refractivity contribution in [2.75, 3.05) is 0 Å². The van der Waals surface area contributed by atoms with Gasteiger partial charge in [-0.2, -0.15) is 0 Å². The second kappa shape index (κ2) is 5.13. The van der Waals surface area contributed by atoms with E-state index < -0.39 is 6.36 Å². The second-order valence-electron chi connectivity index (χ2n) is 3.43. The molecule has 0 aliphatic heterocycles.